The first kappa shape index (κ1) is 20.0. The van der Waals surface area contributed by atoms with Crippen LogP contribution < -0.4 is 15.2 Å². The number of benzene rings is 2. The van der Waals surface area contributed by atoms with E-state index < -0.39 is 0 Å². The minimum absolute atomic E-state index is 0.175. The van der Waals surface area contributed by atoms with E-state index in [9.17, 15) is 4.79 Å². The van der Waals surface area contributed by atoms with Gasteiger partial charge in [-0.2, -0.15) is 0 Å². The Hall–Kier alpha value is -2.79. The molecule has 0 saturated carbocycles. The molecule has 5 nitrogen and oxygen atoms in total. The third-order valence-corrected chi connectivity index (χ3v) is 5.02. The Labute approximate surface area is 166 Å². The van der Waals surface area contributed by atoms with Crippen LogP contribution in [0.4, 0.5) is 0 Å². The molecule has 28 heavy (non-hydrogen) atoms. The molecule has 5 heteroatoms. The highest BCUT2D eigenvalue weighted by Gasteiger charge is 2.18. The molecule has 0 fully saturated rings. The second-order valence-electron chi connectivity index (χ2n) is 6.89. The van der Waals surface area contributed by atoms with E-state index in [0.29, 0.717) is 0 Å². The average molecular weight is 381 g/mol. The van der Waals surface area contributed by atoms with Gasteiger partial charge in [0.15, 0.2) is 0 Å². The van der Waals surface area contributed by atoms with Crippen LogP contribution in [0.2, 0.25) is 0 Å². The summed E-state index contributed by atoms with van der Waals surface area (Å²) in [6.45, 7) is 0.847. The minimum Gasteiger partial charge on any atom is -0.497 e. The first-order valence-electron chi connectivity index (χ1n) is 9.55. The smallest absolute Gasteiger partial charge is 0.330 e. The van der Waals surface area contributed by atoms with Gasteiger partial charge in [0.2, 0.25) is 0 Å². The third kappa shape index (κ3) is 4.93. The Morgan fingerprint density at radius 3 is 2.79 bits per heavy atom. The van der Waals surface area contributed by atoms with Crippen LogP contribution in [0.25, 0.3) is 6.08 Å². The first-order valence-corrected chi connectivity index (χ1v) is 9.55. The zero-order chi connectivity index (χ0) is 19.9. The summed E-state index contributed by atoms with van der Waals surface area (Å²) in [6.07, 6.45) is 7.44. The molecule has 0 spiro atoms. The summed E-state index contributed by atoms with van der Waals surface area (Å²) in [5.41, 5.74) is 10.7. The second-order valence-corrected chi connectivity index (χ2v) is 6.89. The lowest BCUT2D eigenvalue weighted by atomic mass is 10.0. The number of methoxy groups -OCH3 is 2. The van der Waals surface area contributed by atoms with Crippen LogP contribution in [0, 0.1) is 0 Å². The van der Waals surface area contributed by atoms with Gasteiger partial charge in [0, 0.05) is 12.1 Å². The molecule has 2 aliphatic rings. The molecule has 0 aromatic heterocycles. The molecule has 2 aromatic carbocycles. The van der Waals surface area contributed by atoms with Crippen molar-refractivity contribution in [2.24, 2.45) is 5.73 Å². The molecule has 1 atom stereocenters. The summed E-state index contributed by atoms with van der Waals surface area (Å²) in [5, 5.41) is 0. The Morgan fingerprint density at radius 1 is 1.14 bits per heavy atom. The van der Waals surface area contributed by atoms with E-state index in [1.54, 1.807) is 13.2 Å². The van der Waals surface area contributed by atoms with Crippen molar-refractivity contribution in [3.63, 3.8) is 0 Å². The van der Waals surface area contributed by atoms with Crippen LogP contribution in [-0.4, -0.2) is 26.8 Å². The summed E-state index contributed by atoms with van der Waals surface area (Å²) in [7, 11) is 3.06. The topological polar surface area (TPSA) is 70.8 Å². The van der Waals surface area contributed by atoms with E-state index in [1.807, 2.05) is 24.3 Å². The SMILES string of the molecule is COC(=O)/C=C/c1ccc2c(c1)CCC2N.COc1ccc2c(c1)CCCO2. The highest BCUT2D eigenvalue weighted by Crippen LogP contribution is 2.30. The molecule has 1 aliphatic heterocycles. The number of carbonyl (C=O) groups excluding carboxylic acids is 1. The lowest BCUT2D eigenvalue weighted by Crippen LogP contribution is -2.07. The molecule has 1 unspecified atom stereocenters. The van der Waals surface area contributed by atoms with Gasteiger partial charge < -0.3 is 19.9 Å². The predicted octanol–water partition coefficient (Wildman–Crippen LogP) is 3.84. The minimum atomic E-state index is -0.336. The number of esters is 1. The van der Waals surface area contributed by atoms with Gasteiger partial charge in [0.1, 0.15) is 11.5 Å². The highest BCUT2D eigenvalue weighted by atomic mass is 16.5. The lowest BCUT2D eigenvalue weighted by Gasteiger charge is -2.17. The number of carbonyl (C=O) groups is 1. The summed E-state index contributed by atoms with van der Waals surface area (Å²) < 4.78 is 15.1. The van der Waals surface area contributed by atoms with Crippen molar-refractivity contribution in [2.45, 2.75) is 31.7 Å². The van der Waals surface area contributed by atoms with E-state index in [2.05, 4.69) is 16.9 Å². The molecule has 148 valence electrons. The summed E-state index contributed by atoms with van der Waals surface area (Å²) in [6, 6.07) is 12.2. The molecule has 0 saturated heterocycles. The first-order chi connectivity index (χ1) is 13.6. The van der Waals surface area contributed by atoms with Crippen LogP contribution in [0.3, 0.4) is 0 Å². The van der Waals surface area contributed by atoms with Crippen molar-refractivity contribution in [1.82, 2.24) is 0 Å². The van der Waals surface area contributed by atoms with E-state index in [-0.39, 0.29) is 12.0 Å². The van der Waals surface area contributed by atoms with E-state index in [0.717, 1.165) is 49.4 Å². The van der Waals surface area contributed by atoms with Gasteiger partial charge in [-0.25, -0.2) is 4.79 Å². The summed E-state index contributed by atoms with van der Waals surface area (Å²) in [5.74, 6) is 1.60. The number of rotatable bonds is 3. The molecule has 4 rings (SSSR count). The van der Waals surface area contributed by atoms with Crippen molar-refractivity contribution in [2.75, 3.05) is 20.8 Å². The van der Waals surface area contributed by atoms with Gasteiger partial charge in [-0.1, -0.05) is 18.2 Å². The maximum atomic E-state index is 10.9. The molecule has 2 aromatic rings. The number of hydrogen-bond acceptors (Lipinski definition) is 5. The molecule has 0 bridgehead atoms. The van der Waals surface area contributed by atoms with Crippen LogP contribution in [-0.2, 0) is 22.4 Å². The average Bonchev–Trinajstić information content (AvgIpc) is 3.12. The predicted molar refractivity (Wildman–Crippen MR) is 110 cm³/mol. The zero-order valence-electron chi connectivity index (χ0n) is 16.4. The highest BCUT2D eigenvalue weighted by molar-refractivity contribution is 5.86. The van der Waals surface area contributed by atoms with Gasteiger partial charge in [-0.3, -0.25) is 0 Å². The van der Waals surface area contributed by atoms with Crippen LogP contribution >= 0.6 is 0 Å². The normalized spacial score (nSPS) is 17.0. The fraction of sp³-hybridized carbons (Fsp3) is 0.348. The van der Waals surface area contributed by atoms with E-state index >= 15 is 0 Å². The Morgan fingerprint density at radius 2 is 2.00 bits per heavy atom. The van der Waals surface area contributed by atoms with Crippen molar-refractivity contribution < 1.29 is 19.0 Å². The van der Waals surface area contributed by atoms with Crippen molar-refractivity contribution in [1.29, 1.82) is 0 Å². The lowest BCUT2D eigenvalue weighted by molar-refractivity contribution is -0.134. The number of fused-ring (bicyclic) bond motifs is 2. The Bertz CT molecular complexity index is 860. The number of ether oxygens (including phenoxy) is 3. The molecular formula is C23H27NO4. The monoisotopic (exact) mass is 381 g/mol. The van der Waals surface area contributed by atoms with Crippen LogP contribution in [0.15, 0.2) is 42.5 Å². The standard InChI is InChI=1S/C13H15NO2.C10H12O2/c1-16-13(15)7-3-9-2-5-11-10(8-9)4-6-12(11)14;1-11-9-4-5-10-8(7-9)3-2-6-12-10/h2-3,5,7-8,12H,4,6,14H2,1H3;4-5,7H,2-3,6H2,1H3/b7-3+;. The number of hydrogen-bond donors (Lipinski definition) is 1. The van der Waals surface area contributed by atoms with Gasteiger partial charge in [-0.15, -0.1) is 0 Å². The molecule has 0 radical (unpaired) electrons. The number of nitrogens with two attached hydrogens (primary N) is 1. The molecule has 1 heterocycles. The summed E-state index contributed by atoms with van der Waals surface area (Å²) in [4.78, 5) is 10.9. The van der Waals surface area contributed by atoms with Crippen LogP contribution in [0.1, 0.15) is 41.1 Å². The molecule has 1 aliphatic carbocycles. The largest absolute Gasteiger partial charge is 0.497 e. The van der Waals surface area contributed by atoms with Crippen molar-refractivity contribution in [3.8, 4) is 11.5 Å². The van der Waals surface area contributed by atoms with E-state index in [1.165, 1.54) is 29.9 Å². The maximum absolute atomic E-state index is 10.9. The maximum Gasteiger partial charge on any atom is 0.330 e. The second kappa shape index (κ2) is 9.42. The van der Waals surface area contributed by atoms with Gasteiger partial charge in [-0.05, 0) is 72.2 Å². The van der Waals surface area contributed by atoms with Crippen molar-refractivity contribution in [3.05, 3.63) is 64.7 Å². The van der Waals surface area contributed by atoms with Gasteiger partial charge in [0.25, 0.3) is 0 Å². The Kier molecular flexibility index (Phi) is 6.71. The quantitative estimate of drug-likeness (QED) is 0.646. The van der Waals surface area contributed by atoms with E-state index in [4.69, 9.17) is 15.2 Å². The van der Waals surface area contributed by atoms with Crippen LogP contribution in [0.5, 0.6) is 11.5 Å². The number of aryl methyl sites for hydroxylation is 2. The fourth-order valence-electron chi connectivity index (χ4n) is 3.47. The summed E-state index contributed by atoms with van der Waals surface area (Å²) >= 11 is 0. The Balaban J connectivity index is 0.000000167. The fourth-order valence-corrected chi connectivity index (χ4v) is 3.47. The molecule has 0 amide bonds. The third-order valence-electron chi connectivity index (χ3n) is 5.02. The molecular weight excluding hydrogens is 354 g/mol. The van der Waals surface area contributed by atoms with Gasteiger partial charge >= 0.3 is 5.97 Å². The zero-order valence-corrected chi connectivity index (χ0v) is 16.4. The van der Waals surface area contributed by atoms with Gasteiger partial charge in [0.05, 0.1) is 20.8 Å². The molecule has 2 N–H and O–H groups in total. The van der Waals surface area contributed by atoms with Crippen molar-refractivity contribution >= 4 is 12.0 Å².